The van der Waals surface area contributed by atoms with Crippen molar-refractivity contribution in [3.05, 3.63) is 35.6 Å². The third kappa shape index (κ3) is 2.69. The molecule has 1 saturated heterocycles. The SMILES string of the molecule is CN1C(SCc2cccc(F)c2)=N[C@H]2CS(=O)(=O)C[C@H]21. The molecular weight excluding hydrogens is 299 g/mol. The molecule has 1 aromatic carbocycles. The lowest BCUT2D eigenvalue weighted by molar-refractivity contribution is 0.410. The molecule has 0 aliphatic carbocycles. The van der Waals surface area contributed by atoms with Crippen LogP contribution in [0.5, 0.6) is 0 Å². The van der Waals surface area contributed by atoms with Gasteiger partial charge in [0.15, 0.2) is 15.0 Å². The van der Waals surface area contributed by atoms with Gasteiger partial charge in [-0.05, 0) is 17.7 Å². The van der Waals surface area contributed by atoms with E-state index in [-0.39, 0.29) is 29.4 Å². The van der Waals surface area contributed by atoms with Crippen molar-refractivity contribution in [2.75, 3.05) is 18.6 Å². The highest BCUT2D eigenvalue weighted by molar-refractivity contribution is 8.13. The topological polar surface area (TPSA) is 49.7 Å². The highest BCUT2D eigenvalue weighted by atomic mass is 32.2. The molecule has 0 amide bonds. The minimum Gasteiger partial charge on any atom is -0.348 e. The molecule has 2 aliphatic rings. The smallest absolute Gasteiger partial charge is 0.159 e. The van der Waals surface area contributed by atoms with Crippen LogP contribution in [0.1, 0.15) is 5.56 Å². The lowest BCUT2D eigenvalue weighted by Crippen LogP contribution is -2.35. The van der Waals surface area contributed by atoms with Crippen molar-refractivity contribution < 1.29 is 12.8 Å². The molecule has 4 nitrogen and oxygen atoms in total. The summed E-state index contributed by atoms with van der Waals surface area (Å²) in [7, 11) is -1.06. The van der Waals surface area contributed by atoms with Gasteiger partial charge in [0.05, 0.1) is 23.6 Å². The van der Waals surface area contributed by atoms with Crippen LogP contribution >= 0.6 is 11.8 Å². The van der Waals surface area contributed by atoms with Gasteiger partial charge in [-0.1, -0.05) is 23.9 Å². The van der Waals surface area contributed by atoms with Gasteiger partial charge in [0.25, 0.3) is 0 Å². The third-order valence-corrected chi connectivity index (χ3v) is 6.45. The average Bonchev–Trinajstić information content (AvgIpc) is 2.81. The fourth-order valence-electron chi connectivity index (χ4n) is 2.59. The van der Waals surface area contributed by atoms with Crippen molar-refractivity contribution >= 4 is 26.8 Å². The van der Waals surface area contributed by atoms with Gasteiger partial charge in [0, 0.05) is 12.8 Å². The number of halogens is 1. The first-order valence-electron chi connectivity index (χ1n) is 6.33. The van der Waals surface area contributed by atoms with Gasteiger partial charge >= 0.3 is 0 Å². The van der Waals surface area contributed by atoms with Crippen molar-refractivity contribution in [2.45, 2.75) is 17.8 Å². The van der Waals surface area contributed by atoms with Gasteiger partial charge in [-0.15, -0.1) is 0 Å². The number of benzene rings is 1. The van der Waals surface area contributed by atoms with Crippen LogP contribution in [0.4, 0.5) is 4.39 Å². The van der Waals surface area contributed by atoms with Crippen LogP contribution in [0.2, 0.25) is 0 Å². The fourth-order valence-corrected chi connectivity index (χ4v) is 5.54. The van der Waals surface area contributed by atoms with E-state index in [0.29, 0.717) is 5.75 Å². The van der Waals surface area contributed by atoms with Gasteiger partial charge < -0.3 is 4.90 Å². The lowest BCUT2D eigenvalue weighted by atomic mass is 10.2. The van der Waals surface area contributed by atoms with E-state index in [9.17, 15) is 12.8 Å². The number of fused-ring (bicyclic) bond motifs is 1. The van der Waals surface area contributed by atoms with Gasteiger partial charge in [0.2, 0.25) is 0 Å². The zero-order chi connectivity index (χ0) is 14.3. The average molecular weight is 314 g/mol. The molecule has 2 atom stereocenters. The van der Waals surface area contributed by atoms with Gasteiger partial charge in [-0.25, -0.2) is 12.8 Å². The molecule has 1 aromatic rings. The highest BCUT2D eigenvalue weighted by Gasteiger charge is 2.44. The molecule has 1 fully saturated rings. The monoisotopic (exact) mass is 314 g/mol. The number of aliphatic imine (C=N–C) groups is 1. The Morgan fingerprint density at radius 2 is 2.25 bits per heavy atom. The van der Waals surface area contributed by atoms with Crippen LogP contribution in [0.25, 0.3) is 0 Å². The molecule has 0 aromatic heterocycles. The van der Waals surface area contributed by atoms with E-state index < -0.39 is 9.84 Å². The van der Waals surface area contributed by atoms with Crippen LogP contribution in [0.15, 0.2) is 29.3 Å². The summed E-state index contributed by atoms with van der Waals surface area (Å²) >= 11 is 1.53. The number of hydrogen-bond acceptors (Lipinski definition) is 5. The molecule has 0 N–H and O–H groups in total. The molecule has 0 bridgehead atoms. The Labute approximate surface area is 122 Å². The molecule has 0 unspecified atom stereocenters. The predicted octanol–water partition coefficient (Wildman–Crippen LogP) is 1.53. The van der Waals surface area contributed by atoms with Gasteiger partial charge in [-0.3, -0.25) is 4.99 Å². The van der Waals surface area contributed by atoms with Crippen molar-refractivity contribution in [1.29, 1.82) is 0 Å². The molecule has 0 saturated carbocycles. The number of rotatable bonds is 2. The molecular formula is C13H15FN2O2S2. The van der Waals surface area contributed by atoms with E-state index in [1.807, 2.05) is 18.0 Å². The Hall–Kier alpha value is -1.08. The zero-order valence-corrected chi connectivity index (χ0v) is 12.6. The minimum absolute atomic E-state index is 0.0324. The molecule has 3 rings (SSSR count). The zero-order valence-electron chi connectivity index (χ0n) is 11.0. The molecule has 108 valence electrons. The van der Waals surface area contributed by atoms with Crippen molar-refractivity contribution in [3.63, 3.8) is 0 Å². The summed E-state index contributed by atoms with van der Waals surface area (Å²) in [5, 5.41) is 0.846. The molecule has 0 spiro atoms. The summed E-state index contributed by atoms with van der Waals surface area (Å²) < 4.78 is 36.2. The molecule has 2 heterocycles. The van der Waals surface area contributed by atoms with E-state index in [1.54, 1.807) is 6.07 Å². The summed E-state index contributed by atoms with van der Waals surface area (Å²) in [5.41, 5.74) is 0.899. The number of thioether (sulfide) groups is 1. The van der Waals surface area contributed by atoms with E-state index in [4.69, 9.17) is 0 Å². The van der Waals surface area contributed by atoms with Crippen molar-refractivity contribution in [3.8, 4) is 0 Å². The van der Waals surface area contributed by atoms with Crippen LogP contribution in [-0.4, -0.2) is 49.1 Å². The van der Waals surface area contributed by atoms with E-state index >= 15 is 0 Å². The number of sulfone groups is 1. The Bertz CT molecular complexity index is 660. The first kappa shape index (κ1) is 13.9. The first-order chi connectivity index (χ1) is 9.44. The van der Waals surface area contributed by atoms with Crippen LogP contribution in [0.3, 0.4) is 0 Å². The summed E-state index contributed by atoms with van der Waals surface area (Å²) in [5.74, 6) is 0.716. The van der Waals surface area contributed by atoms with Crippen molar-refractivity contribution in [2.24, 2.45) is 4.99 Å². The van der Waals surface area contributed by atoms with E-state index in [2.05, 4.69) is 4.99 Å². The largest absolute Gasteiger partial charge is 0.348 e. The maximum Gasteiger partial charge on any atom is 0.159 e. The van der Waals surface area contributed by atoms with Crippen LogP contribution < -0.4 is 0 Å². The molecule has 7 heteroatoms. The summed E-state index contributed by atoms with van der Waals surface area (Å²) in [6.45, 7) is 0. The number of amidine groups is 1. The van der Waals surface area contributed by atoms with Crippen molar-refractivity contribution in [1.82, 2.24) is 4.90 Å². The Balaban J connectivity index is 1.68. The number of nitrogens with zero attached hydrogens (tertiary/aromatic N) is 2. The minimum atomic E-state index is -2.94. The second-order valence-corrected chi connectivity index (χ2v) is 8.25. The quantitative estimate of drug-likeness (QED) is 0.830. The fraction of sp³-hybridized carbons (Fsp3) is 0.462. The van der Waals surface area contributed by atoms with E-state index in [1.165, 1.54) is 23.9 Å². The first-order valence-corrected chi connectivity index (χ1v) is 9.14. The molecule has 20 heavy (non-hydrogen) atoms. The standard InChI is InChI=1S/C13H15FN2O2S2/c1-16-12-8-20(17,18)7-11(12)15-13(16)19-6-9-3-2-4-10(14)5-9/h2-5,11-12H,6-8H2,1H3/t11-,12+/m0/s1. The third-order valence-electron chi connectivity index (χ3n) is 3.63. The maximum absolute atomic E-state index is 13.1. The van der Waals surface area contributed by atoms with Crippen LogP contribution in [-0.2, 0) is 15.6 Å². The molecule has 2 aliphatic heterocycles. The van der Waals surface area contributed by atoms with Crippen LogP contribution in [0, 0.1) is 5.82 Å². The lowest BCUT2D eigenvalue weighted by Gasteiger charge is -2.20. The number of hydrogen-bond donors (Lipinski definition) is 0. The Morgan fingerprint density at radius 3 is 2.95 bits per heavy atom. The summed E-state index contributed by atoms with van der Waals surface area (Å²) in [4.78, 5) is 6.44. The number of likely N-dealkylation sites (N-methyl/N-ethyl adjacent to an activating group) is 1. The maximum atomic E-state index is 13.1. The summed E-state index contributed by atoms with van der Waals surface area (Å²) in [6.07, 6.45) is 0. The second-order valence-electron chi connectivity index (χ2n) is 5.15. The predicted molar refractivity (Wildman–Crippen MR) is 79.1 cm³/mol. The Kier molecular flexibility index (Phi) is 3.50. The Morgan fingerprint density at radius 1 is 1.45 bits per heavy atom. The van der Waals surface area contributed by atoms with E-state index in [0.717, 1.165) is 10.7 Å². The highest BCUT2D eigenvalue weighted by Crippen LogP contribution is 2.30. The van der Waals surface area contributed by atoms with Gasteiger partial charge in [-0.2, -0.15) is 0 Å². The van der Waals surface area contributed by atoms with Gasteiger partial charge in [0.1, 0.15) is 5.82 Å². The molecule has 0 radical (unpaired) electrons. The summed E-state index contributed by atoms with van der Waals surface area (Å²) in [6, 6.07) is 6.31. The normalized spacial score (nSPS) is 27.5. The second kappa shape index (κ2) is 5.04.